The Bertz CT molecular complexity index is 445. The summed E-state index contributed by atoms with van der Waals surface area (Å²) in [5.74, 6) is 0.359. The van der Waals surface area contributed by atoms with Crippen molar-refractivity contribution in [3.05, 3.63) is 33.3 Å². The number of aliphatic hydroxyl groups excluding tert-OH is 1. The zero-order valence-corrected chi connectivity index (χ0v) is 12.2. The van der Waals surface area contributed by atoms with Crippen molar-refractivity contribution in [3.8, 4) is 0 Å². The molecule has 5 heteroatoms. The third-order valence-corrected chi connectivity index (χ3v) is 4.21. The van der Waals surface area contributed by atoms with Crippen molar-refractivity contribution in [1.82, 2.24) is 4.90 Å². The van der Waals surface area contributed by atoms with Crippen molar-refractivity contribution in [2.75, 3.05) is 19.7 Å². The second-order valence-electron chi connectivity index (χ2n) is 4.54. The standard InChI is InChI=1S/C13H15BrClNO2/c14-12-7-10(15)1-2-11(12)13(18)16-5-3-9(8-17)4-6-16/h1-2,7,9,17H,3-6,8H2. The van der Waals surface area contributed by atoms with E-state index in [1.807, 2.05) is 4.90 Å². The van der Waals surface area contributed by atoms with Crippen LogP contribution in [-0.2, 0) is 0 Å². The normalized spacial score (nSPS) is 16.9. The molecular formula is C13H15BrClNO2. The Hall–Kier alpha value is -0.580. The maximum Gasteiger partial charge on any atom is 0.254 e. The van der Waals surface area contributed by atoms with E-state index >= 15 is 0 Å². The first-order valence-electron chi connectivity index (χ1n) is 5.97. The summed E-state index contributed by atoms with van der Waals surface area (Å²) >= 11 is 9.23. The van der Waals surface area contributed by atoms with Gasteiger partial charge in [-0.15, -0.1) is 0 Å². The average Bonchev–Trinajstić information content (AvgIpc) is 2.38. The van der Waals surface area contributed by atoms with Crippen LogP contribution in [0.2, 0.25) is 5.02 Å². The van der Waals surface area contributed by atoms with Gasteiger partial charge in [0, 0.05) is 29.2 Å². The molecule has 2 rings (SSSR count). The molecule has 0 bridgehead atoms. The Morgan fingerprint density at radius 3 is 2.67 bits per heavy atom. The van der Waals surface area contributed by atoms with Crippen molar-refractivity contribution < 1.29 is 9.90 Å². The largest absolute Gasteiger partial charge is 0.396 e. The van der Waals surface area contributed by atoms with E-state index in [1.165, 1.54) is 0 Å². The van der Waals surface area contributed by atoms with Gasteiger partial charge in [0.1, 0.15) is 0 Å². The maximum atomic E-state index is 12.3. The Morgan fingerprint density at radius 2 is 2.11 bits per heavy atom. The molecule has 1 fully saturated rings. The molecule has 1 aromatic carbocycles. The molecule has 0 aliphatic carbocycles. The van der Waals surface area contributed by atoms with Crippen LogP contribution in [0.1, 0.15) is 23.2 Å². The van der Waals surface area contributed by atoms with Gasteiger partial charge in [-0.2, -0.15) is 0 Å². The van der Waals surface area contributed by atoms with Crippen molar-refractivity contribution in [2.24, 2.45) is 5.92 Å². The average molecular weight is 333 g/mol. The van der Waals surface area contributed by atoms with Crippen molar-refractivity contribution in [2.45, 2.75) is 12.8 Å². The third kappa shape index (κ3) is 3.05. The highest BCUT2D eigenvalue weighted by molar-refractivity contribution is 9.10. The van der Waals surface area contributed by atoms with Crippen LogP contribution in [0, 0.1) is 5.92 Å². The van der Waals surface area contributed by atoms with Gasteiger partial charge in [-0.25, -0.2) is 0 Å². The van der Waals surface area contributed by atoms with E-state index in [0.29, 0.717) is 29.6 Å². The van der Waals surface area contributed by atoms with E-state index in [4.69, 9.17) is 16.7 Å². The molecule has 0 unspecified atom stereocenters. The molecule has 0 atom stereocenters. The zero-order valence-electron chi connectivity index (χ0n) is 9.90. The first-order valence-corrected chi connectivity index (χ1v) is 7.14. The number of hydrogen-bond acceptors (Lipinski definition) is 2. The maximum absolute atomic E-state index is 12.3. The summed E-state index contributed by atoms with van der Waals surface area (Å²) < 4.78 is 0.726. The quantitative estimate of drug-likeness (QED) is 0.904. The lowest BCUT2D eigenvalue weighted by atomic mass is 9.97. The van der Waals surface area contributed by atoms with Crippen LogP contribution in [0.3, 0.4) is 0 Å². The molecule has 1 aliphatic heterocycles. The molecule has 1 heterocycles. The second-order valence-corrected chi connectivity index (χ2v) is 5.83. The first-order chi connectivity index (χ1) is 8.61. The number of rotatable bonds is 2. The number of aliphatic hydroxyl groups is 1. The van der Waals surface area contributed by atoms with Crippen LogP contribution in [0.4, 0.5) is 0 Å². The first kappa shape index (κ1) is 13.8. The van der Waals surface area contributed by atoms with Crippen LogP contribution in [0.15, 0.2) is 22.7 Å². The Labute approximate surface area is 120 Å². The molecule has 0 spiro atoms. The van der Waals surface area contributed by atoms with Crippen molar-refractivity contribution >= 4 is 33.4 Å². The van der Waals surface area contributed by atoms with E-state index < -0.39 is 0 Å². The molecule has 1 saturated heterocycles. The van der Waals surface area contributed by atoms with Gasteiger partial charge in [0.2, 0.25) is 0 Å². The number of carbonyl (C=O) groups excluding carboxylic acids is 1. The number of benzene rings is 1. The van der Waals surface area contributed by atoms with E-state index in [0.717, 1.165) is 17.3 Å². The van der Waals surface area contributed by atoms with Gasteiger partial charge in [0.25, 0.3) is 5.91 Å². The summed E-state index contributed by atoms with van der Waals surface area (Å²) in [4.78, 5) is 14.2. The van der Waals surface area contributed by atoms with E-state index in [2.05, 4.69) is 15.9 Å². The lowest BCUT2D eigenvalue weighted by molar-refractivity contribution is 0.0650. The van der Waals surface area contributed by atoms with Gasteiger partial charge in [-0.05, 0) is 52.9 Å². The molecule has 1 aromatic rings. The molecule has 18 heavy (non-hydrogen) atoms. The summed E-state index contributed by atoms with van der Waals surface area (Å²) in [5, 5.41) is 9.69. The fourth-order valence-electron chi connectivity index (χ4n) is 2.15. The number of halogens is 2. The summed E-state index contributed by atoms with van der Waals surface area (Å²) in [6.07, 6.45) is 1.74. The predicted octanol–water partition coefficient (Wildman–Crippen LogP) is 2.95. The molecule has 0 radical (unpaired) electrons. The summed E-state index contributed by atoms with van der Waals surface area (Å²) in [6, 6.07) is 5.20. The van der Waals surface area contributed by atoms with Crippen LogP contribution in [0.25, 0.3) is 0 Å². The molecule has 98 valence electrons. The smallest absolute Gasteiger partial charge is 0.254 e. The van der Waals surface area contributed by atoms with Gasteiger partial charge in [0.05, 0.1) is 5.56 Å². The number of hydrogen-bond donors (Lipinski definition) is 1. The minimum absolute atomic E-state index is 0.0231. The van der Waals surface area contributed by atoms with E-state index in [1.54, 1.807) is 18.2 Å². The summed E-state index contributed by atoms with van der Waals surface area (Å²) in [5.41, 5.74) is 0.641. The highest BCUT2D eigenvalue weighted by Crippen LogP contribution is 2.25. The molecule has 1 amide bonds. The highest BCUT2D eigenvalue weighted by Gasteiger charge is 2.24. The highest BCUT2D eigenvalue weighted by atomic mass is 79.9. The SMILES string of the molecule is O=C(c1ccc(Cl)cc1Br)N1CCC(CO)CC1. The molecule has 0 aromatic heterocycles. The van der Waals surface area contributed by atoms with Crippen molar-refractivity contribution in [3.63, 3.8) is 0 Å². The molecule has 3 nitrogen and oxygen atoms in total. The van der Waals surface area contributed by atoms with Crippen LogP contribution < -0.4 is 0 Å². The van der Waals surface area contributed by atoms with E-state index in [9.17, 15) is 4.79 Å². The second kappa shape index (κ2) is 6.04. The zero-order chi connectivity index (χ0) is 13.1. The van der Waals surface area contributed by atoms with Crippen molar-refractivity contribution in [1.29, 1.82) is 0 Å². The lowest BCUT2D eigenvalue weighted by Gasteiger charge is -2.31. The van der Waals surface area contributed by atoms with Gasteiger partial charge >= 0.3 is 0 Å². The van der Waals surface area contributed by atoms with Crippen LogP contribution in [-0.4, -0.2) is 35.6 Å². The number of amides is 1. The lowest BCUT2D eigenvalue weighted by Crippen LogP contribution is -2.39. The molecular weight excluding hydrogens is 318 g/mol. The van der Waals surface area contributed by atoms with Gasteiger partial charge < -0.3 is 10.0 Å². The molecule has 1 aliphatic rings. The minimum atomic E-state index is 0.0231. The van der Waals surface area contributed by atoms with Crippen LogP contribution >= 0.6 is 27.5 Å². The number of nitrogens with zero attached hydrogens (tertiary/aromatic N) is 1. The fraction of sp³-hybridized carbons (Fsp3) is 0.462. The van der Waals surface area contributed by atoms with Gasteiger partial charge in [-0.1, -0.05) is 11.6 Å². The molecule has 0 saturated carbocycles. The number of carbonyl (C=O) groups is 1. The number of piperidine rings is 1. The minimum Gasteiger partial charge on any atom is -0.396 e. The van der Waals surface area contributed by atoms with Crippen LogP contribution in [0.5, 0.6) is 0 Å². The topological polar surface area (TPSA) is 40.5 Å². The fourth-order valence-corrected chi connectivity index (χ4v) is 3.00. The predicted molar refractivity (Wildman–Crippen MR) is 74.9 cm³/mol. The Balaban J connectivity index is 2.08. The Morgan fingerprint density at radius 1 is 1.44 bits per heavy atom. The summed E-state index contributed by atoms with van der Waals surface area (Å²) in [6.45, 7) is 1.63. The summed E-state index contributed by atoms with van der Waals surface area (Å²) in [7, 11) is 0. The van der Waals surface area contributed by atoms with E-state index in [-0.39, 0.29) is 12.5 Å². The van der Waals surface area contributed by atoms with Gasteiger partial charge in [-0.3, -0.25) is 4.79 Å². The van der Waals surface area contributed by atoms with Gasteiger partial charge in [0.15, 0.2) is 0 Å². The Kier molecular flexibility index (Phi) is 4.65. The third-order valence-electron chi connectivity index (χ3n) is 3.32. The molecule has 1 N–H and O–H groups in total. The monoisotopic (exact) mass is 331 g/mol. The number of likely N-dealkylation sites (tertiary alicyclic amines) is 1.